The number of ether oxygens (including phenoxy) is 1. The van der Waals surface area contributed by atoms with Crippen LogP contribution in [-0.4, -0.2) is 35.4 Å². The molecule has 1 atom stereocenters. The summed E-state index contributed by atoms with van der Waals surface area (Å²) >= 11 is 15.9. The van der Waals surface area contributed by atoms with Gasteiger partial charge in [-0.15, -0.1) is 0 Å². The van der Waals surface area contributed by atoms with E-state index in [0.717, 1.165) is 35.7 Å². The van der Waals surface area contributed by atoms with Crippen LogP contribution < -0.4 is 10.1 Å². The minimum atomic E-state index is -0.679. The highest BCUT2D eigenvalue weighted by Gasteiger charge is 2.29. The molecule has 2 amide bonds. The van der Waals surface area contributed by atoms with Gasteiger partial charge in [0, 0.05) is 27.1 Å². The molecular formula is C25H29BrCl2N2O3. The number of aryl methyl sites for hydroxylation is 1. The second-order valence-electron chi connectivity index (χ2n) is 8.48. The van der Waals surface area contributed by atoms with Crippen molar-refractivity contribution in [2.45, 2.75) is 64.6 Å². The molecule has 0 bridgehead atoms. The highest BCUT2D eigenvalue weighted by atomic mass is 79.9. The Balaban J connectivity index is 1.74. The molecule has 2 aromatic carbocycles. The van der Waals surface area contributed by atoms with Gasteiger partial charge in [0.15, 0.2) is 6.61 Å². The number of nitrogens with one attached hydrogen (secondary N) is 1. The van der Waals surface area contributed by atoms with Gasteiger partial charge in [-0.05, 0) is 68.1 Å². The molecule has 1 N–H and O–H groups in total. The lowest BCUT2D eigenvalue weighted by Gasteiger charge is -2.31. The number of nitrogens with zero attached hydrogens (tertiary/aromatic N) is 1. The largest absolute Gasteiger partial charge is 0.484 e. The smallest absolute Gasteiger partial charge is 0.261 e. The third kappa shape index (κ3) is 7.36. The van der Waals surface area contributed by atoms with Crippen LogP contribution in [0.25, 0.3) is 0 Å². The summed E-state index contributed by atoms with van der Waals surface area (Å²) in [5, 5.41) is 4.08. The quantitative estimate of drug-likeness (QED) is 0.415. The molecule has 5 nitrogen and oxygen atoms in total. The number of rotatable bonds is 8. The zero-order valence-corrected chi connectivity index (χ0v) is 22.0. The Hall–Kier alpha value is -1.76. The molecule has 0 heterocycles. The monoisotopic (exact) mass is 554 g/mol. The van der Waals surface area contributed by atoms with Crippen LogP contribution in [0, 0.1) is 6.92 Å². The van der Waals surface area contributed by atoms with Gasteiger partial charge in [-0.25, -0.2) is 0 Å². The van der Waals surface area contributed by atoms with E-state index in [4.69, 9.17) is 27.9 Å². The van der Waals surface area contributed by atoms with Gasteiger partial charge in [-0.2, -0.15) is 0 Å². The molecule has 0 aromatic heterocycles. The normalized spacial score (nSPS) is 15.1. The second kappa shape index (κ2) is 12.1. The van der Waals surface area contributed by atoms with Crippen LogP contribution in [0.2, 0.25) is 10.0 Å². The van der Waals surface area contributed by atoms with Gasteiger partial charge >= 0.3 is 0 Å². The third-order valence-electron chi connectivity index (χ3n) is 5.97. The van der Waals surface area contributed by atoms with Crippen molar-refractivity contribution < 1.29 is 14.3 Å². The van der Waals surface area contributed by atoms with Gasteiger partial charge < -0.3 is 15.0 Å². The second-order valence-corrected chi connectivity index (χ2v) is 10.2. The maximum Gasteiger partial charge on any atom is 0.261 e. The molecule has 0 spiro atoms. The lowest BCUT2D eigenvalue weighted by Crippen LogP contribution is -2.51. The summed E-state index contributed by atoms with van der Waals surface area (Å²) in [5.41, 5.74) is 1.72. The van der Waals surface area contributed by atoms with Crippen molar-refractivity contribution >= 4 is 50.9 Å². The van der Waals surface area contributed by atoms with Crippen LogP contribution in [0.3, 0.4) is 0 Å². The first-order chi connectivity index (χ1) is 15.7. The first-order valence-electron chi connectivity index (χ1n) is 11.2. The molecule has 0 unspecified atom stereocenters. The van der Waals surface area contributed by atoms with E-state index in [-0.39, 0.29) is 31.0 Å². The fourth-order valence-corrected chi connectivity index (χ4v) is 4.63. The summed E-state index contributed by atoms with van der Waals surface area (Å²) in [7, 11) is 0. The summed E-state index contributed by atoms with van der Waals surface area (Å²) in [6.45, 7) is 3.68. The number of hydrogen-bond acceptors (Lipinski definition) is 3. The number of carbonyl (C=O) groups is 2. The topological polar surface area (TPSA) is 58.6 Å². The predicted octanol–water partition coefficient (Wildman–Crippen LogP) is 6.31. The zero-order chi connectivity index (χ0) is 24.0. The van der Waals surface area contributed by atoms with E-state index in [1.165, 1.54) is 11.3 Å². The molecule has 8 heteroatoms. The minimum absolute atomic E-state index is 0.159. The lowest BCUT2D eigenvalue weighted by molar-refractivity contribution is -0.142. The fourth-order valence-electron chi connectivity index (χ4n) is 3.92. The Morgan fingerprint density at radius 2 is 1.88 bits per heavy atom. The van der Waals surface area contributed by atoms with Crippen LogP contribution in [-0.2, 0) is 16.1 Å². The summed E-state index contributed by atoms with van der Waals surface area (Å²) in [6, 6.07) is 10.1. The van der Waals surface area contributed by atoms with Crippen molar-refractivity contribution in [3.63, 3.8) is 0 Å². The van der Waals surface area contributed by atoms with Crippen LogP contribution in [0.15, 0.2) is 40.9 Å². The molecule has 0 aliphatic heterocycles. The Labute approximate surface area is 213 Å². The van der Waals surface area contributed by atoms with Crippen LogP contribution in [0.5, 0.6) is 5.75 Å². The van der Waals surface area contributed by atoms with E-state index in [1.54, 1.807) is 31.2 Å². The molecule has 0 radical (unpaired) electrons. The number of halogens is 3. The van der Waals surface area contributed by atoms with Gasteiger partial charge in [-0.1, -0.05) is 64.5 Å². The number of hydrogen-bond donors (Lipinski definition) is 1. The van der Waals surface area contributed by atoms with E-state index in [2.05, 4.69) is 21.2 Å². The van der Waals surface area contributed by atoms with Gasteiger partial charge in [-0.3, -0.25) is 9.59 Å². The molecule has 1 aliphatic carbocycles. The molecule has 1 fully saturated rings. The van der Waals surface area contributed by atoms with Crippen LogP contribution >= 0.6 is 39.1 Å². The van der Waals surface area contributed by atoms with E-state index in [9.17, 15) is 9.59 Å². The molecule has 1 saturated carbocycles. The summed E-state index contributed by atoms with van der Waals surface area (Å²) in [4.78, 5) is 27.8. The van der Waals surface area contributed by atoms with Crippen molar-refractivity contribution in [1.82, 2.24) is 10.2 Å². The number of carbonyl (C=O) groups excluding carboxylic acids is 2. The van der Waals surface area contributed by atoms with Crippen molar-refractivity contribution in [1.29, 1.82) is 0 Å². The van der Waals surface area contributed by atoms with Crippen molar-refractivity contribution in [2.24, 2.45) is 0 Å². The highest BCUT2D eigenvalue weighted by Crippen LogP contribution is 2.25. The van der Waals surface area contributed by atoms with E-state index in [1.807, 2.05) is 19.1 Å². The molecule has 2 aromatic rings. The summed E-state index contributed by atoms with van der Waals surface area (Å²) < 4.78 is 6.72. The van der Waals surface area contributed by atoms with Crippen LogP contribution in [0.4, 0.5) is 0 Å². The maximum absolute atomic E-state index is 13.2. The van der Waals surface area contributed by atoms with Gasteiger partial charge in [0.1, 0.15) is 11.8 Å². The minimum Gasteiger partial charge on any atom is -0.484 e. The molecule has 1 aliphatic rings. The number of amides is 2. The fraction of sp³-hybridized carbons (Fsp3) is 0.440. The maximum atomic E-state index is 13.2. The Morgan fingerprint density at radius 3 is 2.55 bits per heavy atom. The van der Waals surface area contributed by atoms with Gasteiger partial charge in [0.05, 0.1) is 0 Å². The molecular weight excluding hydrogens is 527 g/mol. The van der Waals surface area contributed by atoms with Crippen LogP contribution in [0.1, 0.15) is 50.2 Å². The Kier molecular flexibility index (Phi) is 9.47. The first kappa shape index (κ1) is 25.9. The average molecular weight is 556 g/mol. The van der Waals surface area contributed by atoms with Gasteiger partial charge in [0.25, 0.3) is 5.91 Å². The SMILES string of the molecule is Cc1cc(OCC(=O)N(Cc2ccc(Cl)cc2Cl)[C@@H](C)C(=O)NC2CCCCC2)ccc1Br. The molecule has 33 heavy (non-hydrogen) atoms. The molecule has 3 rings (SSSR count). The predicted molar refractivity (Wildman–Crippen MR) is 136 cm³/mol. The average Bonchev–Trinajstić information content (AvgIpc) is 2.79. The molecule has 178 valence electrons. The number of benzene rings is 2. The zero-order valence-electron chi connectivity index (χ0n) is 18.9. The van der Waals surface area contributed by atoms with E-state index in [0.29, 0.717) is 21.4 Å². The highest BCUT2D eigenvalue weighted by molar-refractivity contribution is 9.10. The summed E-state index contributed by atoms with van der Waals surface area (Å²) in [6.07, 6.45) is 5.38. The molecule has 0 saturated heterocycles. The van der Waals surface area contributed by atoms with E-state index >= 15 is 0 Å². The van der Waals surface area contributed by atoms with E-state index < -0.39 is 6.04 Å². The standard InChI is InChI=1S/C25H29BrCl2N2O3/c1-16-12-21(10-11-22(16)26)33-15-24(31)30(14-18-8-9-19(27)13-23(18)28)17(2)25(32)29-20-6-4-3-5-7-20/h8-13,17,20H,3-7,14-15H2,1-2H3,(H,29,32)/t17-/m0/s1. The Bertz CT molecular complexity index is 996. The van der Waals surface area contributed by atoms with Crippen molar-refractivity contribution in [3.05, 3.63) is 62.0 Å². The Morgan fingerprint density at radius 1 is 1.15 bits per heavy atom. The third-order valence-corrected chi connectivity index (χ3v) is 7.44. The first-order valence-corrected chi connectivity index (χ1v) is 12.7. The van der Waals surface area contributed by atoms with Crippen molar-refractivity contribution in [3.8, 4) is 5.75 Å². The summed E-state index contributed by atoms with van der Waals surface area (Å²) in [5.74, 6) is 0.126. The lowest BCUT2D eigenvalue weighted by atomic mass is 9.95. The van der Waals surface area contributed by atoms with Crippen molar-refractivity contribution in [2.75, 3.05) is 6.61 Å². The van der Waals surface area contributed by atoms with Gasteiger partial charge in [0.2, 0.25) is 5.91 Å².